The zero-order valence-corrected chi connectivity index (χ0v) is 12.7. The Kier molecular flexibility index (Phi) is 4.81. The summed E-state index contributed by atoms with van der Waals surface area (Å²) in [7, 11) is 0. The first-order valence-electron chi connectivity index (χ1n) is 8.79. The van der Waals surface area contributed by atoms with E-state index in [1.54, 1.807) is 0 Å². The third-order valence-electron chi connectivity index (χ3n) is 5.58. The van der Waals surface area contributed by atoms with Gasteiger partial charge in [0.2, 0.25) is 0 Å². The molecule has 110 valence electrons. The summed E-state index contributed by atoms with van der Waals surface area (Å²) in [5, 5.41) is 3.60. The molecule has 2 heteroatoms. The highest BCUT2D eigenvalue weighted by molar-refractivity contribution is 4.91. The highest BCUT2D eigenvalue weighted by atomic mass is 15.2. The van der Waals surface area contributed by atoms with Gasteiger partial charge in [0.05, 0.1) is 0 Å². The maximum Gasteiger partial charge on any atom is 0.00994 e. The molecule has 2 nitrogen and oxygen atoms in total. The quantitative estimate of drug-likeness (QED) is 0.783. The summed E-state index contributed by atoms with van der Waals surface area (Å²) in [6, 6.07) is 1.87. The topological polar surface area (TPSA) is 15.3 Å². The molecule has 3 fully saturated rings. The van der Waals surface area contributed by atoms with E-state index >= 15 is 0 Å². The van der Waals surface area contributed by atoms with E-state index in [1.165, 1.54) is 77.4 Å². The zero-order chi connectivity index (χ0) is 13.1. The first kappa shape index (κ1) is 13.9. The molecule has 3 unspecified atom stereocenters. The smallest absolute Gasteiger partial charge is 0.00994 e. The molecule has 0 aromatic carbocycles. The lowest BCUT2D eigenvalue weighted by Crippen LogP contribution is -2.44. The third kappa shape index (κ3) is 3.95. The summed E-state index contributed by atoms with van der Waals surface area (Å²) in [4.78, 5) is 2.94. The maximum atomic E-state index is 3.60. The highest BCUT2D eigenvalue weighted by Gasteiger charge is 2.35. The monoisotopic (exact) mass is 264 g/mol. The summed E-state index contributed by atoms with van der Waals surface area (Å²) < 4.78 is 0. The molecule has 0 spiro atoms. The molecule has 3 atom stereocenters. The number of rotatable bonds is 4. The van der Waals surface area contributed by atoms with Crippen LogP contribution in [0.3, 0.4) is 0 Å². The van der Waals surface area contributed by atoms with E-state index in [-0.39, 0.29) is 0 Å². The minimum Gasteiger partial charge on any atom is -0.316 e. The summed E-state index contributed by atoms with van der Waals surface area (Å²) in [5.74, 6) is 1.90. The molecule has 3 rings (SSSR count). The Balaban J connectivity index is 1.56. The Bertz CT molecular complexity index is 268. The molecule has 0 bridgehead atoms. The highest BCUT2D eigenvalue weighted by Crippen LogP contribution is 2.35. The first-order chi connectivity index (χ1) is 9.33. The van der Waals surface area contributed by atoms with Crippen LogP contribution in [0.25, 0.3) is 0 Å². The van der Waals surface area contributed by atoms with Crippen LogP contribution in [0.15, 0.2) is 0 Å². The summed E-state index contributed by atoms with van der Waals surface area (Å²) in [6.45, 7) is 6.36. The lowest BCUT2D eigenvalue weighted by molar-refractivity contribution is 0.131. The van der Waals surface area contributed by atoms with Gasteiger partial charge in [0.25, 0.3) is 0 Å². The van der Waals surface area contributed by atoms with E-state index < -0.39 is 0 Å². The van der Waals surface area contributed by atoms with Crippen LogP contribution in [0.5, 0.6) is 0 Å². The molecule has 0 aromatic rings. The molecule has 0 aromatic heterocycles. The fourth-order valence-electron chi connectivity index (χ4n) is 4.18. The largest absolute Gasteiger partial charge is 0.316 e. The van der Waals surface area contributed by atoms with Crippen molar-refractivity contribution >= 4 is 0 Å². The molecule has 0 amide bonds. The number of nitrogens with one attached hydrogen (secondary N) is 1. The van der Waals surface area contributed by atoms with Crippen LogP contribution in [-0.4, -0.2) is 36.6 Å². The maximum absolute atomic E-state index is 3.60. The molecular weight excluding hydrogens is 232 g/mol. The van der Waals surface area contributed by atoms with Crippen LogP contribution in [0.2, 0.25) is 0 Å². The van der Waals surface area contributed by atoms with Gasteiger partial charge in [0.15, 0.2) is 0 Å². The van der Waals surface area contributed by atoms with Gasteiger partial charge in [-0.25, -0.2) is 0 Å². The summed E-state index contributed by atoms with van der Waals surface area (Å²) in [6.07, 6.45) is 13.2. The van der Waals surface area contributed by atoms with Crippen LogP contribution in [-0.2, 0) is 0 Å². The van der Waals surface area contributed by atoms with Crippen molar-refractivity contribution in [2.24, 2.45) is 11.8 Å². The van der Waals surface area contributed by atoms with Crippen LogP contribution >= 0.6 is 0 Å². The molecule has 2 aliphatic carbocycles. The summed E-state index contributed by atoms with van der Waals surface area (Å²) in [5.41, 5.74) is 0. The fourth-order valence-corrected chi connectivity index (χ4v) is 4.18. The third-order valence-corrected chi connectivity index (χ3v) is 5.58. The Morgan fingerprint density at radius 3 is 2.42 bits per heavy atom. The average Bonchev–Trinajstić information content (AvgIpc) is 3.25. The van der Waals surface area contributed by atoms with E-state index in [1.807, 2.05) is 0 Å². The van der Waals surface area contributed by atoms with E-state index in [9.17, 15) is 0 Å². The molecule has 1 N–H and O–H groups in total. The first-order valence-corrected chi connectivity index (χ1v) is 8.79. The SMILES string of the molecule is CC1CCCC(N(CC2CCCNC2)C2CC2)CC1. The van der Waals surface area contributed by atoms with Gasteiger partial charge in [-0.15, -0.1) is 0 Å². The van der Waals surface area contributed by atoms with Gasteiger partial charge in [-0.05, 0) is 69.9 Å². The van der Waals surface area contributed by atoms with E-state index in [2.05, 4.69) is 17.1 Å². The lowest BCUT2D eigenvalue weighted by Gasteiger charge is -2.36. The minimum absolute atomic E-state index is 0.916. The summed E-state index contributed by atoms with van der Waals surface area (Å²) >= 11 is 0. The number of nitrogens with zero attached hydrogens (tertiary/aromatic N) is 1. The normalized spacial score (nSPS) is 37.3. The van der Waals surface area contributed by atoms with E-state index in [0.717, 1.165) is 23.9 Å². The van der Waals surface area contributed by atoms with Crippen LogP contribution in [0.1, 0.15) is 64.7 Å². The second-order valence-electron chi connectivity index (χ2n) is 7.41. The second-order valence-corrected chi connectivity index (χ2v) is 7.41. The fraction of sp³-hybridized carbons (Fsp3) is 1.00. The van der Waals surface area contributed by atoms with Crippen molar-refractivity contribution in [2.45, 2.75) is 76.8 Å². The van der Waals surface area contributed by atoms with Gasteiger partial charge in [-0.3, -0.25) is 4.90 Å². The molecule has 1 saturated heterocycles. The number of hydrogen-bond donors (Lipinski definition) is 1. The Morgan fingerprint density at radius 1 is 0.895 bits per heavy atom. The van der Waals surface area contributed by atoms with Crippen molar-refractivity contribution < 1.29 is 0 Å². The molecule has 0 radical (unpaired) electrons. The van der Waals surface area contributed by atoms with Gasteiger partial charge >= 0.3 is 0 Å². The molecule has 3 aliphatic rings. The Morgan fingerprint density at radius 2 is 1.68 bits per heavy atom. The lowest BCUT2D eigenvalue weighted by atomic mass is 9.96. The molecule has 2 saturated carbocycles. The predicted octanol–water partition coefficient (Wildman–Crippen LogP) is 3.42. The Labute approximate surface area is 119 Å². The van der Waals surface area contributed by atoms with Crippen molar-refractivity contribution in [2.75, 3.05) is 19.6 Å². The van der Waals surface area contributed by atoms with Crippen molar-refractivity contribution in [1.82, 2.24) is 10.2 Å². The number of hydrogen-bond acceptors (Lipinski definition) is 2. The van der Waals surface area contributed by atoms with Crippen molar-refractivity contribution in [3.63, 3.8) is 0 Å². The predicted molar refractivity (Wildman–Crippen MR) is 81.4 cm³/mol. The average molecular weight is 264 g/mol. The van der Waals surface area contributed by atoms with Crippen LogP contribution in [0.4, 0.5) is 0 Å². The Hall–Kier alpha value is -0.0800. The van der Waals surface area contributed by atoms with Crippen molar-refractivity contribution in [3.8, 4) is 0 Å². The van der Waals surface area contributed by atoms with Gasteiger partial charge < -0.3 is 5.32 Å². The molecule has 1 aliphatic heterocycles. The number of piperidine rings is 1. The van der Waals surface area contributed by atoms with Crippen molar-refractivity contribution in [1.29, 1.82) is 0 Å². The minimum atomic E-state index is 0.916. The zero-order valence-electron chi connectivity index (χ0n) is 12.7. The molecule has 19 heavy (non-hydrogen) atoms. The van der Waals surface area contributed by atoms with Gasteiger partial charge in [0.1, 0.15) is 0 Å². The van der Waals surface area contributed by atoms with Gasteiger partial charge in [-0.2, -0.15) is 0 Å². The van der Waals surface area contributed by atoms with Crippen molar-refractivity contribution in [3.05, 3.63) is 0 Å². The molecule has 1 heterocycles. The molecular formula is C17H32N2. The van der Waals surface area contributed by atoms with E-state index in [0.29, 0.717) is 0 Å². The van der Waals surface area contributed by atoms with E-state index in [4.69, 9.17) is 0 Å². The van der Waals surface area contributed by atoms with Gasteiger partial charge in [-0.1, -0.05) is 19.8 Å². The standard InChI is InChI=1S/C17H32N2/c1-14-4-2-6-16(8-7-14)19(17-9-10-17)13-15-5-3-11-18-12-15/h14-18H,2-13H2,1H3. The second kappa shape index (κ2) is 6.58. The van der Waals surface area contributed by atoms with Crippen LogP contribution in [0, 0.1) is 11.8 Å². The van der Waals surface area contributed by atoms with Gasteiger partial charge in [0, 0.05) is 18.6 Å². The van der Waals surface area contributed by atoms with Crippen LogP contribution < -0.4 is 5.32 Å².